The minimum Gasteiger partial charge on any atom is -0.461 e. The Morgan fingerprint density at radius 3 is 3.00 bits per heavy atom. The SMILES string of the molecule is O=C(CNCC1CCNCC1)c1ccco1. The van der Waals surface area contributed by atoms with E-state index < -0.39 is 0 Å². The van der Waals surface area contributed by atoms with Crippen molar-refractivity contribution < 1.29 is 9.21 Å². The number of nitrogens with one attached hydrogen (secondary N) is 2. The highest BCUT2D eigenvalue weighted by atomic mass is 16.3. The third-order valence-corrected chi connectivity index (χ3v) is 2.97. The fraction of sp³-hybridized carbons (Fsp3) is 0.583. The van der Waals surface area contributed by atoms with Crippen molar-refractivity contribution in [2.45, 2.75) is 12.8 Å². The van der Waals surface area contributed by atoms with E-state index in [9.17, 15) is 4.79 Å². The summed E-state index contributed by atoms with van der Waals surface area (Å²) in [6.07, 6.45) is 3.92. The smallest absolute Gasteiger partial charge is 0.211 e. The third-order valence-electron chi connectivity index (χ3n) is 2.97. The van der Waals surface area contributed by atoms with Gasteiger partial charge in [-0.25, -0.2) is 0 Å². The fourth-order valence-corrected chi connectivity index (χ4v) is 2.00. The van der Waals surface area contributed by atoms with E-state index in [1.807, 2.05) is 0 Å². The molecular formula is C12H18N2O2. The molecule has 0 radical (unpaired) electrons. The Morgan fingerprint density at radius 1 is 1.50 bits per heavy atom. The van der Waals surface area contributed by atoms with E-state index >= 15 is 0 Å². The molecule has 1 fully saturated rings. The van der Waals surface area contributed by atoms with Crippen molar-refractivity contribution in [3.63, 3.8) is 0 Å². The molecule has 2 N–H and O–H groups in total. The van der Waals surface area contributed by atoms with Gasteiger partial charge in [0, 0.05) is 0 Å². The van der Waals surface area contributed by atoms with E-state index in [1.165, 1.54) is 19.1 Å². The van der Waals surface area contributed by atoms with Gasteiger partial charge in [0.25, 0.3) is 0 Å². The molecule has 0 amide bonds. The average Bonchev–Trinajstić information content (AvgIpc) is 2.84. The zero-order valence-corrected chi connectivity index (χ0v) is 9.37. The molecule has 0 aliphatic carbocycles. The highest BCUT2D eigenvalue weighted by Crippen LogP contribution is 2.09. The summed E-state index contributed by atoms with van der Waals surface area (Å²) in [7, 11) is 0. The lowest BCUT2D eigenvalue weighted by atomic mass is 9.98. The zero-order chi connectivity index (χ0) is 11.2. The van der Waals surface area contributed by atoms with Crippen LogP contribution in [0.3, 0.4) is 0 Å². The Morgan fingerprint density at radius 2 is 2.31 bits per heavy atom. The Hall–Kier alpha value is -1.13. The molecule has 1 aromatic rings. The Kier molecular flexibility index (Phi) is 4.13. The molecule has 0 saturated carbocycles. The van der Waals surface area contributed by atoms with Crippen LogP contribution in [0.15, 0.2) is 22.8 Å². The maximum Gasteiger partial charge on any atom is 0.211 e. The van der Waals surface area contributed by atoms with Gasteiger partial charge in [0.15, 0.2) is 5.76 Å². The third kappa shape index (κ3) is 3.18. The summed E-state index contributed by atoms with van der Waals surface area (Å²) in [4.78, 5) is 11.6. The van der Waals surface area contributed by atoms with E-state index in [1.54, 1.807) is 12.1 Å². The van der Waals surface area contributed by atoms with Crippen molar-refractivity contribution in [2.75, 3.05) is 26.2 Å². The van der Waals surface area contributed by atoms with Gasteiger partial charge in [-0.2, -0.15) is 0 Å². The zero-order valence-electron chi connectivity index (χ0n) is 9.37. The first-order valence-electron chi connectivity index (χ1n) is 5.84. The van der Waals surface area contributed by atoms with Gasteiger partial charge in [-0.15, -0.1) is 0 Å². The van der Waals surface area contributed by atoms with Crippen LogP contribution in [0.4, 0.5) is 0 Å². The second kappa shape index (κ2) is 5.82. The first-order chi connectivity index (χ1) is 7.86. The molecule has 1 aliphatic heterocycles. The molecule has 1 saturated heterocycles. The van der Waals surface area contributed by atoms with E-state index in [-0.39, 0.29) is 5.78 Å². The minimum atomic E-state index is 0.0268. The van der Waals surface area contributed by atoms with Crippen molar-refractivity contribution in [2.24, 2.45) is 5.92 Å². The highest BCUT2D eigenvalue weighted by Gasteiger charge is 2.13. The Bertz CT molecular complexity index is 316. The number of carbonyl (C=O) groups excluding carboxylic acids is 1. The standard InChI is InChI=1S/C12H18N2O2/c15-11(12-2-1-7-16-12)9-14-8-10-3-5-13-6-4-10/h1-2,7,10,13-14H,3-6,8-9H2. The number of carbonyl (C=O) groups is 1. The molecule has 0 aromatic carbocycles. The van der Waals surface area contributed by atoms with Crippen LogP contribution in [0.5, 0.6) is 0 Å². The van der Waals surface area contributed by atoms with Crippen LogP contribution in [0.25, 0.3) is 0 Å². The molecule has 2 rings (SSSR count). The summed E-state index contributed by atoms with van der Waals surface area (Å²) in [5, 5.41) is 6.53. The van der Waals surface area contributed by atoms with Crippen molar-refractivity contribution >= 4 is 5.78 Å². The first-order valence-corrected chi connectivity index (χ1v) is 5.84. The number of Topliss-reactive ketones (excluding diaryl/α,β-unsaturated/α-hetero) is 1. The van der Waals surface area contributed by atoms with Crippen molar-refractivity contribution in [1.82, 2.24) is 10.6 Å². The normalized spacial score (nSPS) is 17.5. The molecule has 4 heteroatoms. The molecule has 2 heterocycles. The second-order valence-corrected chi connectivity index (χ2v) is 4.22. The molecule has 1 aliphatic rings. The van der Waals surface area contributed by atoms with Crippen LogP contribution < -0.4 is 10.6 Å². The molecule has 16 heavy (non-hydrogen) atoms. The summed E-state index contributed by atoms with van der Waals surface area (Å²) in [6.45, 7) is 3.49. The van der Waals surface area contributed by atoms with Crippen molar-refractivity contribution in [1.29, 1.82) is 0 Å². The summed E-state index contributed by atoms with van der Waals surface area (Å²) in [6, 6.07) is 3.44. The number of hydrogen-bond acceptors (Lipinski definition) is 4. The molecule has 0 unspecified atom stereocenters. The first kappa shape index (κ1) is 11.4. The van der Waals surface area contributed by atoms with Gasteiger partial charge in [-0.1, -0.05) is 0 Å². The Balaban J connectivity index is 1.66. The fourth-order valence-electron chi connectivity index (χ4n) is 2.00. The van der Waals surface area contributed by atoms with E-state index in [4.69, 9.17) is 4.42 Å². The van der Waals surface area contributed by atoms with Crippen LogP contribution in [0, 0.1) is 5.92 Å². The molecule has 4 nitrogen and oxygen atoms in total. The Labute approximate surface area is 95.4 Å². The van der Waals surface area contributed by atoms with Gasteiger partial charge >= 0.3 is 0 Å². The predicted octanol–water partition coefficient (Wildman–Crippen LogP) is 1.05. The van der Waals surface area contributed by atoms with Gasteiger partial charge in [0.1, 0.15) is 0 Å². The van der Waals surface area contributed by atoms with Crippen molar-refractivity contribution in [3.8, 4) is 0 Å². The lowest BCUT2D eigenvalue weighted by Crippen LogP contribution is -2.35. The molecule has 0 bridgehead atoms. The summed E-state index contributed by atoms with van der Waals surface area (Å²) < 4.78 is 5.04. The van der Waals surface area contributed by atoms with Gasteiger partial charge in [-0.3, -0.25) is 4.79 Å². The maximum atomic E-state index is 11.6. The van der Waals surface area contributed by atoms with E-state index in [2.05, 4.69) is 10.6 Å². The van der Waals surface area contributed by atoms with Gasteiger partial charge in [-0.05, 0) is 50.5 Å². The molecule has 0 atom stereocenters. The van der Waals surface area contributed by atoms with Gasteiger partial charge < -0.3 is 15.1 Å². The summed E-state index contributed by atoms with van der Waals surface area (Å²) in [5.74, 6) is 1.17. The predicted molar refractivity (Wildman–Crippen MR) is 61.5 cm³/mol. The summed E-state index contributed by atoms with van der Waals surface area (Å²) in [5.41, 5.74) is 0. The molecule has 88 valence electrons. The molecule has 1 aromatic heterocycles. The average molecular weight is 222 g/mol. The number of furan rings is 1. The number of rotatable bonds is 5. The summed E-state index contributed by atoms with van der Waals surface area (Å²) >= 11 is 0. The number of hydrogen-bond donors (Lipinski definition) is 2. The second-order valence-electron chi connectivity index (χ2n) is 4.22. The highest BCUT2D eigenvalue weighted by molar-refractivity contribution is 5.94. The largest absolute Gasteiger partial charge is 0.461 e. The quantitative estimate of drug-likeness (QED) is 0.731. The topological polar surface area (TPSA) is 54.3 Å². The van der Waals surface area contributed by atoms with Gasteiger partial charge in [0.2, 0.25) is 5.78 Å². The molecule has 0 spiro atoms. The van der Waals surface area contributed by atoms with E-state index in [0.29, 0.717) is 18.2 Å². The molecular weight excluding hydrogens is 204 g/mol. The maximum absolute atomic E-state index is 11.6. The lowest BCUT2D eigenvalue weighted by Gasteiger charge is -2.22. The van der Waals surface area contributed by atoms with Crippen LogP contribution >= 0.6 is 0 Å². The number of piperidine rings is 1. The lowest BCUT2D eigenvalue weighted by molar-refractivity contribution is 0.0962. The number of ketones is 1. The monoisotopic (exact) mass is 222 g/mol. The van der Waals surface area contributed by atoms with Gasteiger partial charge in [0.05, 0.1) is 12.8 Å². The minimum absolute atomic E-state index is 0.0268. The van der Waals surface area contributed by atoms with Crippen molar-refractivity contribution in [3.05, 3.63) is 24.2 Å². The van der Waals surface area contributed by atoms with E-state index in [0.717, 1.165) is 19.6 Å². The van der Waals surface area contributed by atoms with Crippen LogP contribution in [-0.2, 0) is 0 Å². The van der Waals surface area contributed by atoms with Crippen LogP contribution in [0.1, 0.15) is 23.4 Å². The van der Waals surface area contributed by atoms with Crippen LogP contribution in [0.2, 0.25) is 0 Å². The van der Waals surface area contributed by atoms with Crippen LogP contribution in [-0.4, -0.2) is 32.0 Å².